The van der Waals surface area contributed by atoms with Crippen LogP contribution in [0.5, 0.6) is 11.5 Å². The Morgan fingerprint density at radius 3 is 2.40 bits per heavy atom. The van der Waals surface area contributed by atoms with Crippen molar-refractivity contribution in [3.63, 3.8) is 0 Å². The van der Waals surface area contributed by atoms with Crippen LogP contribution >= 0.6 is 11.3 Å². The number of hydrogen-bond acceptors (Lipinski definition) is 8. The molecule has 1 saturated heterocycles. The van der Waals surface area contributed by atoms with Crippen LogP contribution in [0.15, 0.2) is 54.0 Å². The molecule has 0 radical (unpaired) electrons. The van der Waals surface area contributed by atoms with Gasteiger partial charge in [0.2, 0.25) is 11.5 Å². The second-order valence-corrected chi connectivity index (χ2v) is 14.6. The molecule has 18 heteroatoms. The maximum Gasteiger partial charge on any atom is 0.425 e. The number of ether oxygens (including phenoxy) is 2. The minimum Gasteiger partial charge on any atom is -0.493 e. The lowest BCUT2D eigenvalue weighted by molar-refractivity contribution is -0.159. The first kappa shape index (κ1) is 44.8. The van der Waals surface area contributed by atoms with Crippen LogP contribution in [0.25, 0.3) is 0 Å². The summed E-state index contributed by atoms with van der Waals surface area (Å²) >= 11 is 0.347. The molecule has 4 rings (SSSR count). The Kier molecular flexibility index (Phi) is 15.7. The van der Waals surface area contributed by atoms with Crippen LogP contribution in [0.3, 0.4) is 0 Å². The molecule has 1 aliphatic rings. The number of carbonyl (C=O) groups excluding carboxylic acids is 3. The van der Waals surface area contributed by atoms with E-state index in [0.717, 1.165) is 40.2 Å². The van der Waals surface area contributed by atoms with Gasteiger partial charge in [0.25, 0.3) is 11.8 Å². The molecule has 0 aliphatic carbocycles. The highest BCUT2D eigenvalue weighted by Gasteiger charge is 2.56. The molecule has 0 spiro atoms. The van der Waals surface area contributed by atoms with Crippen molar-refractivity contribution >= 4 is 35.0 Å². The maximum atomic E-state index is 15.1. The lowest BCUT2D eigenvalue weighted by Crippen LogP contribution is -2.68. The van der Waals surface area contributed by atoms with E-state index in [4.69, 9.17) is 20.3 Å². The number of aryl methyl sites for hydroxylation is 1. The number of likely N-dealkylation sites (tertiary alicyclic amines) is 1. The number of unbranched alkanes of at least 4 members (excludes halogenated alkanes) is 1. The molecule has 11 nitrogen and oxygen atoms in total. The molecule has 1 fully saturated rings. The minimum atomic E-state index is -4.94. The molecule has 3 N–H and O–H groups in total. The summed E-state index contributed by atoms with van der Waals surface area (Å²) in [6, 6.07) is 8.45. The summed E-state index contributed by atoms with van der Waals surface area (Å²) in [6.07, 6.45) is -6.62. The Labute approximate surface area is 330 Å². The van der Waals surface area contributed by atoms with Crippen LogP contribution in [0.2, 0.25) is 0 Å². The molecule has 3 heterocycles. The number of pyridine rings is 1. The van der Waals surface area contributed by atoms with E-state index in [0.29, 0.717) is 49.2 Å². The predicted molar refractivity (Wildman–Crippen MR) is 198 cm³/mol. The van der Waals surface area contributed by atoms with E-state index < -0.39 is 63.8 Å². The second-order valence-electron chi connectivity index (χ2n) is 13.7. The van der Waals surface area contributed by atoms with E-state index in [1.165, 1.54) is 4.90 Å². The van der Waals surface area contributed by atoms with Crippen molar-refractivity contribution < 1.29 is 60.1 Å². The second kappa shape index (κ2) is 20.0. The Morgan fingerprint density at radius 1 is 1.00 bits per heavy atom. The van der Waals surface area contributed by atoms with Crippen molar-refractivity contribution in [1.29, 1.82) is 0 Å². The zero-order valence-electron chi connectivity index (χ0n) is 31.4. The predicted octanol–water partition coefficient (Wildman–Crippen LogP) is 7.76. The van der Waals surface area contributed by atoms with Gasteiger partial charge < -0.3 is 30.1 Å². The van der Waals surface area contributed by atoms with Gasteiger partial charge in [-0.25, -0.2) is 0 Å². The molecule has 0 saturated carbocycles. The number of primary amides is 1. The summed E-state index contributed by atoms with van der Waals surface area (Å²) in [5, 5.41) is 10.00. The Hall–Kier alpha value is -4.87. The third-order valence-electron chi connectivity index (χ3n) is 9.54. The van der Waals surface area contributed by atoms with E-state index in [1.54, 1.807) is 25.1 Å². The number of carbonyl (C=O) groups is 4. The standard InChI is InChI=1S/C39H46F6N4O7S/c1-2-11-30-37(56-27-24-31(57-25-27)39(43,44)45,18-10-22-49(30)35(53)34-28(38(40,41)42)14-7-19-47-34)36(54)48(21-9-16-32(46)50)20-8-13-26-12-3-4-15-29(26)55-23-6-5-17-33(51)52/h3-4,7,12,14-15,19,24-25,30H,2,5-6,8-11,13,16-18,20-23H2,1H3,(H2,46,50)(H,51,52)/t30-,37+/m1/s1. The van der Waals surface area contributed by atoms with Crippen molar-refractivity contribution in [2.24, 2.45) is 5.73 Å². The fraction of sp³-hybridized carbons (Fsp3) is 0.513. The average molecular weight is 829 g/mol. The monoisotopic (exact) mass is 828 g/mol. The van der Waals surface area contributed by atoms with E-state index in [2.05, 4.69) is 4.98 Å². The first-order valence-corrected chi connectivity index (χ1v) is 19.5. The average Bonchev–Trinajstić information content (AvgIpc) is 3.63. The largest absolute Gasteiger partial charge is 0.493 e. The number of amides is 3. The lowest BCUT2D eigenvalue weighted by Gasteiger charge is -2.50. The number of rotatable bonds is 20. The highest BCUT2D eigenvalue weighted by atomic mass is 32.1. The molecule has 312 valence electrons. The number of nitrogens with two attached hydrogens (primary N) is 1. The van der Waals surface area contributed by atoms with Gasteiger partial charge in [0.15, 0.2) is 0 Å². The summed E-state index contributed by atoms with van der Waals surface area (Å²) in [6.45, 7) is 1.95. The maximum absolute atomic E-state index is 15.1. The molecule has 57 heavy (non-hydrogen) atoms. The van der Waals surface area contributed by atoms with Crippen molar-refractivity contribution in [3.05, 3.63) is 75.7 Å². The minimum absolute atomic E-state index is 0.00844. The van der Waals surface area contributed by atoms with Gasteiger partial charge in [-0.2, -0.15) is 26.3 Å². The van der Waals surface area contributed by atoms with Crippen molar-refractivity contribution in [1.82, 2.24) is 14.8 Å². The number of carboxylic acids is 1. The number of aromatic nitrogens is 1. The fourth-order valence-corrected chi connectivity index (χ4v) is 7.65. The summed E-state index contributed by atoms with van der Waals surface area (Å²) in [7, 11) is 0. The normalized spacial score (nSPS) is 17.2. The van der Waals surface area contributed by atoms with Crippen LogP contribution in [0.4, 0.5) is 26.3 Å². The van der Waals surface area contributed by atoms with E-state index in [9.17, 15) is 40.7 Å². The molecular weight excluding hydrogens is 783 g/mol. The van der Waals surface area contributed by atoms with Gasteiger partial charge in [-0.05, 0) is 68.7 Å². The van der Waals surface area contributed by atoms with Gasteiger partial charge in [0.1, 0.15) is 22.1 Å². The SMILES string of the molecule is CCC[C@H]1N(C(=O)c2ncccc2C(F)(F)F)CCC[C@@]1(Oc1csc(C(F)(F)F)c1)C(=O)N(CCCC(N)=O)CCCc1ccccc1OCCCCC(=O)O. The van der Waals surface area contributed by atoms with E-state index in [-0.39, 0.29) is 70.5 Å². The highest BCUT2D eigenvalue weighted by Crippen LogP contribution is 2.42. The summed E-state index contributed by atoms with van der Waals surface area (Å²) in [4.78, 5) is 57.2. The third kappa shape index (κ3) is 12.1. The Morgan fingerprint density at radius 2 is 1.74 bits per heavy atom. The van der Waals surface area contributed by atoms with Gasteiger partial charge in [0, 0.05) is 56.5 Å². The van der Waals surface area contributed by atoms with Gasteiger partial charge in [0.05, 0.1) is 18.2 Å². The molecule has 3 aromatic rings. The summed E-state index contributed by atoms with van der Waals surface area (Å²) in [5.41, 5.74) is 1.99. The van der Waals surface area contributed by atoms with Crippen LogP contribution in [-0.2, 0) is 33.2 Å². The van der Waals surface area contributed by atoms with Gasteiger partial charge in [-0.1, -0.05) is 31.5 Å². The fourth-order valence-electron chi connectivity index (χ4n) is 6.97. The Bertz CT molecular complexity index is 1840. The van der Waals surface area contributed by atoms with Gasteiger partial charge in [-0.15, -0.1) is 11.3 Å². The molecular formula is C39H46F6N4O7S. The topological polar surface area (TPSA) is 152 Å². The number of hydrogen-bond donors (Lipinski definition) is 2. The molecule has 2 aromatic heterocycles. The smallest absolute Gasteiger partial charge is 0.425 e. The van der Waals surface area contributed by atoms with Crippen molar-refractivity contribution in [3.8, 4) is 11.5 Å². The van der Waals surface area contributed by atoms with Crippen LogP contribution < -0.4 is 15.2 Å². The zero-order chi connectivity index (χ0) is 41.8. The quantitative estimate of drug-likeness (QED) is 0.0867. The number of benzene rings is 1. The molecule has 3 amide bonds. The lowest BCUT2D eigenvalue weighted by atomic mass is 9.79. The molecule has 0 unspecified atom stereocenters. The molecule has 0 bridgehead atoms. The van der Waals surface area contributed by atoms with Crippen LogP contribution in [0.1, 0.15) is 97.6 Å². The van der Waals surface area contributed by atoms with Crippen LogP contribution in [-0.4, -0.2) is 81.5 Å². The highest BCUT2D eigenvalue weighted by molar-refractivity contribution is 7.10. The molecule has 2 atom stereocenters. The molecule has 1 aliphatic heterocycles. The first-order chi connectivity index (χ1) is 27.0. The van der Waals surface area contributed by atoms with E-state index in [1.807, 2.05) is 6.07 Å². The number of para-hydroxylation sites is 1. The number of piperidine rings is 1. The van der Waals surface area contributed by atoms with Crippen molar-refractivity contribution in [2.75, 3.05) is 26.2 Å². The van der Waals surface area contributed by atoms with Gasteiger partial charge in [-0.3, -0.25) is 24.2 Å². The first-order valence-electron chi connectivity index (χ1n) is 18.7. The number of carboxylic acid groups (broad SMARTS) is 1. The number of nitrogens with zero attached hydrogens (tertiary/aromatic N) is 3. The van der Waals surface area contributed by atoms with Crippen LogP contribution in [0, 0.1) is 0 Å². The number of aliphatic carboxylic acids is 1. The number of alkyl halides is 6. The summed E-state index contributed by atoms with van der Waals surface area (Å²) in [5.74, 6) is -3.08. The zero-order valence-corrected chi connectivity index (χ0v) is 32.2. The Balaban J connectivity index is 1.72. The summed E-state index contributed by atoms with van der Waals surface area (Å²) < 4.78 is 95.9. The van der Waals surface area contributed by atoms with E-state index >= 15 is 4.79 Å². The molecule has 1 aromatic carbocycles. The number of thiophene rings is 1. The van der Waals surface area contributed by atoms with Crippen molar-refractivity contribution in [2.45, 2.75) is 102 Å². The third-order valence-corrected chi connectivity index (χ3v) is 10.5. The number of halogens is 6. The van der Waals surface area contributed by atoms with Gasteiger partial charge >= 0.3 is 18.3 Å².